The molecule has 2 aromatic carbocycles. The number of aryl methyl sites for hydroxylation is 1. The summed E-state index contributed by atoms with van der Waals surface area (Å²) in [5.41, 5.74) is 4.35. The number of benzene rings is 2. The maximum atomic E-state index is 12.6. The average Bonchev–Trinajstić information content (AvgIpc) is 2.61. The van der Waals surface area contributed by atoms with Crippen molar-refractivity contribution in [2.75, 3.05) is 18.4 Å². The second kappa shape index (κ2) is 7.52. The molecule has 1 saturated heterocycles. The van der Waals surface area contributed by atoms with Crippen molar-refractivity contribution in [2.24, 2.45) is 5.92 Å². The molecule has 2 aromatic rings. The van der Waals surface area contributed by atoms with E-state index in [9.17, 15) is 4.79 Å². The van der Waals surface area contributed by atoms with Crippen LogP contribution in [0.25, 0.3) is 0 Å². The Balaban J connectivity index is 1.58. The van der Waals surface area contributed by atoms with Gasteiger partial charge >= 0.3 is 0 Å². The molecule has 0 spiro atoms. The lowest BCUT2D eigenvalue weighted by molar-refractivity contribution is 0.0683. The molecule has 1 aliphatic heterocycles. The van der Waals surface area contributed by atoms with Crippen LogP contribution in [0.3, 0.4) is 0 Å². The largest absolute Gasteiger partial charge is 0.381 e. The van der Waals surface area contributed by atoms with Crippen LogP contribution in [-0.2, 0) is 6.54 Å². The van der Waals surface area contributed by atoms with Crippen molar-refractivity contribution in [3.8, 4) is 0 Å². The van der Waals surface area contributed by atoms with Crippen LogP contribution < -0.4 is 5.32 Å². The van der Waals surface area contributed by atoms with E-state index in [2.05, 4.69) is 43.4 Å². The molecule has 24 heavy (non-hydrogen) atoms. The molecular weight excluding hydrogens is 296 g/mol. The third-order valence-corrected chi connectivity index (χ3v) is 4.69. The minimum atomic E-state index is 0.159. The zero-order valence-corrected chi connectivity index (χ0v) is 14.6. The van der Waals surface area contributed by atoms with Crippen molar-refractivity contribution in [3.05, 3.63) is 65.2 Å². The Hall–Kier alpha value is -2.29. The lowest BCUT2D eigenvalue weighted by Crippen LogP contribution is -2.39. The summed E-state index contributed by atoms with van der Waals surface area (Å²) >= 11 is 0. The second-order valence-corrected chi connectivity index (χ2v) is 6.92. The highest BCUT2D eigenvalue weighted by molar-refractivity contribution is 5.94. The van der Waals surface area contributed by atoms with Crippen molar-refractivity contribution < 1.29 is 4.79 Å². The number of likely N-dealkylation sites (tertiary alicyclic amines) is 1. The van der Waals surface area contributed by atoms with Crippen LogP contribution in [0.4, 0.5) is 5.69 Å². The number of anilines is 1. The molecule has 0 aromatic heterocycles. The van der Waals surface area contributed by atoms with Gasteiger partial charge in [0.15, 0.2) is 0 Å². The molecule has 0 radical (unpaired) electrons. The minimum absolute atomic E-state index is 0.159. The predicted octanol–water partition coefficient (Wildman–Crippen LogP) is 4.48. The lowest BCUT2D eigenvalue weighted by atomic mass is 9.99. The van der Waals surface area contributed by atoms with E-state index in [0.717, 1.165) is 37.3 Å². The molecule has 0 bridgehead atoms. The van der Waals surface area contributed by atoms with Gasteiger partial charge in [-0.3, -0.25) is 4.79 Å². The Morgan fingerprint density at radius 2 is 1.83 bits per heavy atom. The van der Waals surface area contributed by atoms with Gasteiger partial charge in [-0.05, 0) is 55.5 Å². The van der Waals surface area contributed by atoms with Gasteiger partial charge in [-0.25, -0.2) is 0 Å². The van der Waals surface area contributed by atoms with E-state index in [-0.39, 0.29) is 5.91 Å². The predicted molar refractivity (Wildman–Crippen MR) is 99.2 cm³/mol. The van der Waals surface area contributed by atoms with E-state index in [1.54, 1.807) is 0 Å². The monoisotopic (exact) mass is 322 g/mol. The molecule has 0 aliphatic carbocycles. The second-order valence-electron chi connectivity index (χ2n) is 6.92. The molecule has 3 heteroatoms. The quantitative estimate of drug-likeness (QED) is 0.900. The lowest BCUT2D eigenvalue weighted by Gasteiger charge is -2.31. The fourth-order valence-corrected chi connectivity index (χ4v) is 3.20. The number of rotatable bonds is 4. The van der Waals surface area contributed by atoms with E-state index in [1.165, 1.54) is 17.5 Å². The van der Waals surface area contributed by atoms with Gasteiger partial charge in [0.25, 0.3) is 5.91 Å². The summed E-state index contributed by atoms with van der Waals surface area (Å²) in [5.74, 6) is 0.768. The first-order valence-electron chi connectivity index (χ1n) is 8.80. The molecule has 1 fully saturated rings. The van der Waals surface area contributed by atoms with Gasteiger partial charge in [0.2, 0.25) is 0 Å². The van der Waals surface area contributed by atoms with E-state index >= 15 is 0 Å². The standard InChI is InChI=1S/C21H26N2O/c1-16-5-7-18(8-6-16)14-22-20-11-9-19(10-12-20)21(24)23-13-3-4-17(2)15-23/h5-12,17,22H,3-4,13-15H2,1-2H3. The molecule has 3 nitrogen and oxygen atoms in total. The molecule has 1 atom stereocenters. The number of carbonyl (C=O) groups excluding carboxylic acids is 1. The minimum Gasteiger partial charge on any atom is -0.381 e. The number of nitrogens with one attached hydrogen (secondary N) is 1. The zero-order chi connectivity index (χ0) is 16.9. The number of carbonyl (C=O) groups is 1. The SMILES string of the molecule is Cc1ccc(CNc2ccc(C(=O)N3CCCC(C)C3)cc2)cc1. The Morgan fingerprint density at radius 3 is 2.50 bits per heavy atom. The van der Waals surface area contributed by atoms with Crippen molar-refractivity contribution in [3.63, 3.8) is 0 Å². The first kappa shape index (κ1) is 16.6. The van der Waals surface area contributed by atoms with Crippen molar-refractivity contribution >= 4 is 11.6 Å². The van der Waals surface area contributed by atoms with Gasteiger partial charge in [0.05, 0.1) is 0 Å². The van der Waals surface area contributed by atoms with Gasteiger partial charge in [-0.1, -0.05) is 36.8 Å². The summed E-state index contributed by atoms with van der Waals surface area (Å²) in [6, 6.07) is 16.4. The Morgan fingerprint density at radius 1 is 1.12 bits per heavy atom. The topological polar surface area (TPSA) is 32.3 Å². The molecule has 126 valence electrons. The molecule has 1 amide bonds. The Kier molecular flexibility index (Phi) is 5.19. The van der Waals surface area contributed by atoms with Gasteiger partial charge in [-0.15, -0.1) is 0 Å². The Labute approximate surface area is 144 Å². The zero-order valence-electron chi connectivity index (χ0n) is 14.6. The molecule has 1 heterocycles. The van der Waals surface area contributed by atoms with E-state index < -0.39 is 0 Å². The van der Waals surface area contributed by atoms with E-state index in [1.807, 2.05) is 29.2 Å². The summed E-state index contributed by atoms with van der Waals surface area (Å²) in [7, 11) is 0. The smallest absolute Gasteiger partial charge is 0.253 e. The van der Waals surface area contributed by atoms with Crippen LogP contribution in [0.1, 0.15) is 41.3 Å². The highest BCUT2D eigenvalue weighted by Crippen LogP contribution is 2.19. The van der Waals surface area contributed by atoms with Gasteiger partial charge in [0.1, 0.15) is 0 Å². The van der Waals surface area contributed by atoms with Gasteiger partial charge < -0.3 is 10.2 Å². The highest BCUT2D eigenvalue weighted by atomic mass is 16.2. The van der Waals surface area contributed by atoms with Crippen molar-refractivity contribution in [1.29, 1.82) is 0 Å². The summed E-state index contributed by atoms with van der Waals surface area (Å²) in [4.78, 5) is 14.6. The number of nitrogens with zero attached hydrogens (tertiary/aromatic N) is 1. The van der Waals surface area contributed by atoms with Gasteiger partial charge in [0, 0.05) is 30.9 Å². The fraction of sp³-hybridized carbons (Fsp3) is 0.381. The van der Waals surface area contributed by atoms with Crippen molar-refractivity contribution in [2.45, 2.75) is 33.2 Å². The maximum Gasteiger partial charge on any atom is 0.253 e. The molecular formula is C21H26N2O. The molecule has 1 unspecified atom stereocenters. The van der Waals surface area contributed by atoms with E-state index in [4.69, 9.17) is 0 Å². The highest BCUT2D eigenvalue weighted by Gasteiger charge is 2.21. The first-order valence-corrected chi connectivity index (χ1v) is 8.80. The van der Waals surface area contributed by atoms with E-state index in [0.29, 0.717) is 5.92 Å². The Bertz CT molecular complexity index is 676. The molecule has 1 N–H and O–H groups in total. The van der Waals surface area contributed by atoms with Crippen LogP contribution in [0.2, 0.25) is 0 Å². The van der Waals surface area contributed by atoms with Gasteiger partial charge in [-0.2, -0.15) is 0 Å². The third kappa shape index (κ3) is 4.16. The molecule has 0 saturated carbocycles. The van der Waals surface area contributed by atoms with Crippen LogP contribution >= 0.6 is 0 Å². The number of amides is 1. The average molecular weight is 322 g/mol. The third-order valence-electron chi connectivity index (χ3n) is 4.69. The summed E-state index contributed by atoms with van der Waals surface area (Å²) in [6.07, 6.45) is 2.34. The molecule has 3 rings (SSSR count). The molecule has 1 aliphatic rings. The van der Waals surface area contributed by atoms with Crippen LogP contribution in [0.15, 0.2) is 48.5 Å². The summed E-state index contributed by atoms with van der Waals surface area (Å²) < 4.78 is 0. The number of hydrogen-bond donors (Lipinski definition) is 1. The maximum absolute atomic E-state index is 12.6. The number of hydrogen-bond acceptors (Lipinski definition) is 2. The fourth-order valence-electron chi connectivity index (χ4n) is 3.20. The van der Waals surface area contributed by atoms with Crippen molar-refractivity contribution in [1.82, 2.24) is 4.90 Å². The first-order chi connectivity index (χ1) is 11.6. The summed E-state index contributed by atoms with van der Waals surface area (Å²) in [5, 5.41) is 3.41. The summed E-state index contributed by atoms with van der Waals surface area (Å²) in [6.45, 7) is 6.87. The van der Waals surface area contributed by atoms with Crippen LogP contribution in [-0.4, -0.2) is 23.9 Å². The van der Waals surface area contributed by atoms with Crippen LogP contribution in [0.5, 0.6) is 0 Å². The normalized spacial score (nSPS) is 17.6. The van der Waals surface area contributed by atoms with Crippen LogP contribution in [0, 0.1) is 12.8 Å². The number of piperidine rings is 1.